The van der Waals surface area contributed by atoms with Crippen molar-refractivity contribution in [3.8, 4) is 0 Å². The smallest absolute Gasteiger partial charge is 0.109 e. The third-order valence-electron chi connectivity index (χ3n) is 3.13. The number of aromatic amines is 1. The fourth-order valence-corrected chi connectivity index (χ4v) is 2.24. The van der Waals surface area contributed by atoms with Crippen molar-refractivity contribution >= 4 is 0 Å². The van der Waals surface area contributed by atoms with E-state index in [0.717, 1.165) is 18.7 Å². The normalized spacial score (nSPS) is 27.9. The number of hydrogen-bond donors (Lipinski definition) is 2. The quantitative estimate of drug-likeness (QED) is 0.754. The molecule has 1 saturated carbocycles. The predicted molar refractivity (Wildman–Crippen MR) is 57.2 cm³/mol. The van der Waals surface area contributed by atoms with E-state index in [-0.39, 0.29) is 0 Å². The molecule has 2 rings (SSSR count). The zero-order valence-electron chi connectivity index (χ0n) is 8.79. The first-order valence-electron chi connectivity index (χ1n) is 5.59. The Morgan fingerprint density at radius 2 is 2.43 bits per heavy atom. The lowest BCUT2D eigenvalue weighted by atomic mass is 9.86. The van der Waals surface area contributed by atoms with Gasteiger partial charge in [0, 0.05) is 23.9 Å². The number of aromatic nitrogens is 2. The minimum absolute atomic E-state index is 0.379. The minimum atomic E-state index is 0.379. The van der Waals surface area contributed by atoms with Crippen LogP contribution in [0.3, 0.4) is 0 Å². The average Bonchev–Trinajstić information content (AvgIpc) is 2.66. The topological polar surface area (TPSA) is 54.7 Å². The maximum atomic E-state index is 5.96. The molecular formula is C11H19N3. The summed E-state index contributed by atoms with van der Waals surface area (Å²) in [7, 11) is 0. The monoisotopic (exact) mass is 193 g/mol. The van der Waals surface area contributed by atoms with Gasteiger partial charge in [0.1, 0.15) is 5.82 Å². The van der Waals surface area contributed by atoms with Gasteiger partial charge in [-0.3, -0.25) is 0 Å². The van der Waals surface area contributed by atoms with E-state index < -0.39 is 0 Å². The SMILES string of the molecule is CCc1cnc(C2CCCC(N)C2)[nH]1. The highest BCUT2D eigenvalue weighted by Crippen LogP contribution is 2.30. The third-order valence-corrected chi connectivity index (χ3v) is 3.13. The molecule has 0 spiro atoms. The van der Waals surface area contributed by atoms with Crippen molar-refractivity contribution in [1.29, 1.82) is 0 Å². The number of H-pyrrole nitrogens is 1. The summed E-state index contributed by atoms with van der Waals surface area (Å²) in [5.41, 5.74) is 7.20. The van der Waals surface area contributed by atoms with Gasteiger partial charge in [-0.05, 0) is 25.7 Å². The van der Waals surface area contributed by atoms with Crippen molar-refractivity contribution < 1.29 is 0 Å². The zero-order valence-corrected chi connectivity index (χ0v) is 8.79. The van der Waals surface area contributed by atoms with Crippen molar-refractivity contribution in [2.45, 2.75) is 51.0 Å². The zero-order chi connectivity index (χ0) is 9.97. The van der Waals surface area contributed by atoms with E-state index in [9.17, 15) is 0 Å². The Morgan fingerprint density at radius 3 is 3.07 bits per heavy atom. The van der Waals surface area contributed by atoms with Crippen LogP contribution in [0.4, 0.5) is 0 Å². The lowest BCUT2D eigenvalue weighted by molar-refractivity contribution is 0.383. The number of imidazole rings is 1. The Bertz CT molecular complexity index is 292. The summed E-state index contributed by atoms with van der Waals surface area (Å²) in [5.74, 6) is 1.72. The summed E-state index contributed by atoms with van der Waals surface area (Å²) in [6, 6.07) is 0.379. The summed E-state index contributed by atoms with van der Waals surface area (Å²) in [4.78, 5) is 7.82. The van der Waals surface area contributed by atoms with Crippen LogP contribution in [-0.4, -0.2) is 16.0 Å². The van der Waals surface area contributed by atoms with E-state index in [1.807, 2.05) is 6.20 Å². The molecule has 1 fully saturated rings. The second-order valence-corrected chi connectivity index (χ2v) is 4.27. The predicted octanol–water partition coefficient (Wildman–Crippen LogP) is 1.96. The van der Waals surface area contributed by atoms with Gasteiger partial charge in [0.2, 0.25) is 0 Å². The van der Waals surface area contributed by atoms with Gasteiger partial charge in [0.15, 0.2) is 0 Å². The lowest BCUT2D eigenvalue weighted by Crippen LogP contribution is -2.27. The molecular weight excluding hydrogens is 174 g/mol. The molecule has 0 bridgehead atoms. The number of nitrogens with two attached hydrogens (primary N) is 1. The molecule has 0 amide bonds. The van der Waals surface area contributed by atoms with Gasteiger partial charge in [-0.15, -0.1) is 0 Å². The van der Waals surface area contributed by atoms with E-state index in [4.69, 9.17) is 5.73 Å². The van der Waals surface area contributed by atoms with Gasteiger partial charge in [-0.1, -0.05) is 13.3 Å². The highest BCUT2D eigenvalue weighted by molar-refractivity contribution is 5.06. The molecule has 1 aliphatic rings. The van der Waals surface area contributed by atoms with Crippen LogP contribution < -0.4 is 5.73 Å². The Balaban J connectivity index is 2.06. The van der Waals surface area contributed by atoms with Crippen LogP contribution in [0.5, 0.6) is 0 Å². The van der Waals surface area contributed by atoms with Crippen molar-refractivity contribution in [1.82, 2.24) is 9.97 Å². The molecule has 1 aliphatic carbocycles. The molecule has 78 valence electrons. The Hall–Kier alpha value is -0.830. The van der Waals surface area contributed by atoms with Crippen LogP contribution in [0.15, 0.2) is 6.20 Å². The highest BCUT2D eigenvalue weighted by Gasteiger charge is 2.22. The summed E-state index contributed by atoms with van der Waals surface area (Å²) in [6.07, 6.45) is 7.74. The third kappa shape index (κ3) is 1.98. The van der Waals surface area contributed by atoms with Crippen molar-refractivity contribution in [2.24, 2.45) is 5.73 Å². The molecule has 1 aromatic rings. The van der Waals surface area contributed by atoms with Crippen LogP contribution in [0.2, 0.25) is 0 Å². The number of rotatable bonds is 2. The molecule has 0 aromatic carbocycles. The molecule has 0 radical (unpaired) electrons. The second-order valence-electron chi connectivity index (χ2n) is 4.27. The molecule has 0 aliphatic heterocycles. The van der Waals surface area contributed by atoms with Crippen molar-refractivity contribution in [3.05, 3.63) is 17.7 Å². The van der Waals surface area contributed by atoms with Gasteiger partial charge in [-0.25, -0.2) is 4.98 Å². The highest BCUT2D eigenvalue weighted by atomic mass is 14.9. The average molecular weight is 193 g/mol. The van der Waals surface area contributed by atoms with E-state index >= 15 is 0 Å². The van der Waals surface area contributed by atoms with Gasteiger partial charge in [0.05, 0.1) is 0 Å². The van der Waals surface area contributed by atoms with Gasteiger partial charge < -0.3 is 10.7 Å². The minimum Gasteiger partial charge on any atom is -0.346 e. The molecule has 3 N–H and O–H groups in total. The van der Waals surface area contributed by atoms with Gasteiger partial charge >= 0.3 is 0 Å². The standard InChI is InChI=1S/C11H19N3/c1-2-10-7-13-11(14-10)8-4-3-5-9(12)6-8/h7-9H,2-6,12H2,1H3,(H,13,14). The molecule has 1 aromatic heterocycles. The maximum absolute atomic E-state index is 5.96. The summed E-state index contributed by atoms with van der Waals surface area (Å²) >= 11 is 0. The van der Waals surface area contributed by atoms with Crippen LogP contribution in [0.25, 0.3) is 0 Å². The molecule has 1 heterocycles. The van der Waals surface area contributed by atoms with Gasteiger partial charge in [0.25, 0.3) is 0 Å². The number of nitrogens with one attached hydrogen (secondary N) is 1. The molecule has 2 unspecified atom stereocenters. The van der Waals surface area contributed by atoms with E-state index in [2.05, 4.69) is 16.9 Å². The Labute approximate surface area is 85.1 Å². The fourth-order valence-electron chi connectivity index (χ4n) is 2.24. The van der Waals surface area contributed by atoms with Crippen LogP contribution >= 0.6 is 0 Å². The van der Waals surface area contributed by atoms with Crippen molar-refractivity contribution in [3.63, 3.8) is 0 Å². The molecule has 14 heavy (non-hydrogen) atoms. The van der Waals surface area contributed by atoms with Crippen molar-refractivity contribution in [2.75, 3.05) is 0 Å². The summed E-state index contributed by atoms with van der Waals surface area (Å²) in [5, 5.41) is 0. The summed E-state index contributed by atoms with van der Waals surface area (Å²) in [6.45, 7) is 2.14. The number of nitrogens with zero attached hydrogens (tertiary/aromatic N) is 1. The first-order valence-corrected chi connectivity index (χ1v) is 5.59. The Morgan fingerprint density at radius 1 is 1.57 bits per heavy atom. The van der Waals surface area contributed by atoms with E-state index in [1.165, 1.54) is 25.0 Å². The molecule has 3 heteroatoms. The first kappa shape index (κ1) is 9.71. The van der Waals surface area contributed by atoms with Crippen LogP contribution in [0, 0.1) is 0 Å². The maximum Gasteiger partial charge on any atom is 0.109 e. The fraction of sp³-hybridized carbons (Fsp3) is 0.727. The molecule has 2 atom stereocenters. The largest absolute Gasteiger partial charge is 0.346 e. The summed E-state index contributed by atoms with van der Waals surface area (Å²) < 4.78 is 0. The van der Waals surface area contributed by atoms with Crippen LogP contribution in [0.1, 0.15) is 50.0 Å². The lowest BCUT2D eigenvalue weighted by Gasteiger charge is -2.24. The van der Waals surface area contributed by atoms with Gasteiger partial charge in [-0.2, -0.15) is 0 Å². The second kappa shape index (κ2) is 4.13. The van der Waals surface area contributed by atoms with E-state index in [1.54, 1.807) is 0 Å². The number of aryl methyl sites for hydroxylation is 1. The number of hydrogen-bond acceptors (Lipinski definition) is 2. The van der Waals surface area contributed by atoms with E-state index in [0.29, 0.717) is 12.0 Å². The Kier molecular flexibility index (Phi) is 2.87. The molecule has 3 nitrogen and oxygen atoms in total. The van der Waals surface area contributed by atoms with Crippen LogP contribution in [-0.2, 0) is 6.42 Å². The first-order chi connectivity index (χ1) is 6.79. The molecule has 0 saturated heterocycles.